The quantitative estimate of drug-likeness (QED) is 0.318. The highest BCUT2D eigenvalue weighted by molar-refractivity contribution is 7.80. The molecule has 4 N–H and O–H groups in total. The Labute approximate surface area is 134 Å². The van der Waals surface area contributed by atoms with Crippen molar-refractivity contribution in [2.75, 3.05) is 12.0 Å². The Kier molecular flexibility index (Phi) is 6.97. The molecule has 1 aromatic rings. The third-order valence-electron chi connectivity index (χ3n) is 2.49. The van der Waals surface area contributed by atoms with Gasteiger partial charge in [0.05, 0.1) is 18.0 Å². The van der Waals surface area contributed by atoms with Gasteiger partial charge in [0, 0.05) is 0 Å². The van der Waals surface area contributed by atoms with E-state index in [9.17, 15) is 4.79 Å². The minimum atomic E-state index is -0.590. The van der Waals surface area contributed by atoms with E-state index in [1.54, 1.807) is 13.8 Å². The molecular formula is C14H19N5O2S. The van der Waals surface area contributed by atoms with Crippen molar-refractivity contribution < 1.29 is 9.53 Å². The number of carbonyl (C=O) groups excluding carboxylic acids is 1. The molecule has 7 nitrogen and oxygen atoms in total. The molecule has 1 rings (SSSR count). The van der Waals surface area contributed by atoms with E-state index in [0.29, 0.717) is 5.71 Å². The summed E-state index contributed by atoms with van der Waals surface area (Å²) in [6.45, 7) is 5.52. The van der Waals surface area contributed by atoms with Crippen LogP contribution in [-0.2, 0) is 9.53 Å². The van der Waals surface area contributed by atoms with Crippen LogP contribution in [0.5, 0.6) is 0 Å². The molecule has 0 radical (unpaired) electrons. The van der Waals surface area contributed by atoms with Crippen LogP contribution in [0.2, 0.25) is 0 Å². The Morgan fingerprint density at radius 1 is 1.32 bits per heavy atom. The van der Waals surface area contributed by atoms with E-state index in [1.165, 1.54) is 0 Å². The monoisotopic (exact) mass is 321 g/mol. The van der Waals surface area contributed by atoms with Gasteiger partial charge in [-0.15, -0.1) is 0 Å². The fourth-order valence-electron chi connectivity index (χ4n) is 1.41. The number of anilines is 1. The first kappa shape index (κ1) is 17.6. The van der Waals surface area contributed by atoms with Crippen molar-refractivity contribution in [3.63, 3.8) is 0 Å². The Hall–Kier alpha value is -2.48. The molecule has 0 unspecified atom stereocenters. The molecule has 118 valence electrons. The fourth-order valence-corrected chi connectivity index (χ4v) is 1.46. The molecule has 0 aliphatic carbocycles. The zero-order valence-corrected chi connectivity index (χ0v) is 13.5. The summed E-state index contributed by atoms with van der Waals surface area (Å²) in [5.41, 5.74) is 12.7. The number of hydrazone groups is 2. The van der Waals surface area contributed by atoms with Gasteiger partial charge < -0.3 is 10.5 Å². The minimum Gasteiger partial charge on any atom is -0.461 e. The van der Waals surface area contributed by atoms with E-state index in [0.717, 1.165) is 11.3 Å². The molecular weight excluding hydrogens is 302 g/mol. The molecule has 0 saturated carbocycles. The second kappa shape index (κ2) is 8.73. The molecule has 0 heterocycles. The van der Waals surface area contributed by atoms with Crippen LogP contribution in [0.25, 0.3) is 0 Å². The summed E-state index contributed by atoms with van der Waals surface area (Å²) in [6, 6.07) is 7.55. The number of nitrogens with one attached hydrogen (secondary N) is 2. The summed E-state index contributed by atoms with van der Waals surface area (Å²) in [5, 5.41) is 7.93. The van der Waals surface area contributed by atoms with Crippen LogP contribution in [0.3, 0.4) is 0 Å². The normalized spacial score (nSPS) is 11.8. The Morgan fingerprint density at radius 3 is 2.50 bits per heavy atom. The number of carbonyl (C=O) groups is 1. The molecule has 0 aromatic heterocycles. The van der Waals surface area contributed by atoms with Crippen molar-refractivity contribution in [1.82, 2.24) is 5.43 Å². The Morgan fingerprint density at radius 2 is 1.95 bits per heavy atom. The van der Waals surface area contributed by atoms with E-state index >= 15 is 0 Å². The van der Waals surface area contributed by atoms with Crippen molar-refractivity contribution in [2.24, 2.45) is 15.9 Å². The van der Waals surface area contributed by atoms with Crippen molar-refractivity contribution in [1.29, 1.82) is 0 Å². The van der Waals surface area contributed by atoms with Crippen LogP contribution in [0.1, 0.15) is 19.4 Å². The van der Waals surface area contributed by atoms with Crippen molar-refractivity contribution in [2.45, 2.75) is 20.8 Å². The molecule has 22 heavy (non-hydrogen) atoms. The zero-order valence-electron chi connectivity index (χ0n) is 12.7. The maximum atomic E-state index is 11.9. The van der Waals surface area contributed by atoms with E-state index in [1.807, 2.05) is 31.2 Å². The predicted molar refractivity (Wildman–Crippen MR) is 91.9 cm³/mol. The first-order valence-corrected chi connectivity index (χ1v) is 7.02. The standard InChI is InChI=1S/C14H19N5O2S/c1-4-21-13(20)12(10(3)16-19-14(15)22)18-17-11-7-5-9(2)6-8-11/h5-8,17H,4H2,1-3H3,(H3,15,19,22)/b16-10?,18-12-. The smallest absolute Gasteiger partial charge is 0.360 e. The van der Waals surface area contributed by atoms with Crippen LogP contribution < -0.4 is 16.6 Å². The molecule has 0 aliphatic rings. The van der Waals surface area contributed by atoms with E-state index in [4.69, 9.17) is 10.5 Å². The highest BCUT2D eigenvalue weighted by atomic mass is 32.1. The minimum absolute atomic E-state index is 0.00551. The average Bonchev–Trinajstić information content (AvgIpc) is 2.47. The summed E-state index contributed by atoms with van der Waals surface area (Å²) in [6.07, 6.45) is 0. The van der Waals surface area contributed by atoms with Gasteiger partial charge >= 0.3 is 5.97 Å². The highest BCUT2D eigenvalue weighted by Crippen LogP contribution is 2.08. The lowest BCUT2D eigenvalue weighted by Crippen LogP contribution is -2.30. The second-order valence-corrected chi connectivity index (χ2v) is 4.77. The predicted octanol–water partition coefficient (Wildman–Crippen LogP) is 1.54. The average molecular weight is 321 g/mol. The third-order valence-corrected chi connectivity index (χ3v) is 2.58. The van der Waals surface area contributed by atoms with Crippen LogP contribution in [-0.4, -0.2) is 29.1 Å². The Balaban J connectivity index is 2.95. The fraction of sp³-hybridized carbons (Fsp3) is 0.286. The van der Waals surface area contributed by atoms with Crippen molar-refractivity contribution in [3.05, 3.63) is 29.8 Å². The third kappa shape index (κ3) is 5.88. The van der Waals surface area contributed by atoms with Gasteiger partial charge in [-0.1, -0.05) is 17.7 Å². The van der Waals surface area contributed by atoms with Crippen LogP contribution in [0.4, 0.5) is 5.69 Å². The second-order valence-electron chi connectivity index (χ2n) is 4.33. The van der Waals surface area contributed by atoms with Crippen molar-refractivity contribution >= 4 is 40.4 Å². The molecule has 0 amide bonds. The molecule has 0 aliphatic heterocycles. The number of rotatable bonds is 6. The van der Waals surface area contributed by atoms with Gasteiger partial charge in [-0.25, -0.2) is 4.79 Å². The topological polar surface area (TPSA) is 101 Å². The van der Waals surface area contributed by atoms with Gasteiger partial charge in [0.1, 0.15) is 0 Å². The van der Waals surface area contributed by atoms with Crippen molar-refractivity contribution in [3.8, 4) is 0 Å². The maximum absolute atomic E-state index is 11.9. The van der Waals surface area contributed by atoms with Crippen LogP contribution in [0.15, 0.2) is 34.5 Å². The summed E-state index contributed by atoms with van der Waals surface area (Å²) >= 11 is 4.66. The van der Waals surface area contributed by atoms with Gasteiger partial charge in [0.15, 0.2) is 10.8 Å². The number of esters is 1. The van der Waals surface area contributed by atoms with Gasteiger partial charge in [0.2, 0.25) is 0 Å². The Bertz CT molecular complexity index is 596. The van der Waals surface area contributed by atoms with E-state index in [-0.39, 0.29) is 17.4 Å². The maximum Gasteiger partial charge on any atom is 0.360 e. The first-order valence-electron chi connectivity index (χ1n) is 6.61. The number of thiocarbonyl (C=S) groups is 1. The van der Waals surface area contributed by atoms with Gasteiger partial charge in [-0.2, -0.15) is 10.2 Å². The number of benzene rings is 1. The zero-order chi connectivity index (χ0) is 16.5. The van der Waals surface area contributed by atoms with Crippen LogP contribution in [0, 0.1) is 6.92 Å². The molecule has 0 bridgehead atoms. The molecule has 8 heteroatoms. The lowest BCUT2D eigenvalue weighted by molar-refractivity contribution is -0.134. The first-order chi connectivity index (χ1) is 10.4. The van der Waals surface area contributed by atoms with Gasteiger partial charge in [0.25, 0.3) is 0 Å². The largest absolute Gasteiger partial charge is 0.461 e. The van der Waals surface area contributed by atoms with Crippen LogP contribution >= 0.6 is 12.2 Å². The summed E-state index contributed by atoms with van der Waals surface area (Å²) in [7, 11) is 0. The summed E-state index contributed by atoms with van der Waals surface area (Å²) < 4.78 is 4.96. The molecule has 1 aromatic carbocycles. The number of aryl methyl sites for hydroxylation is 1. The number of nitrogens with zero attached hydrogens (tertiary/aromatic N) is 2. The number of hydrogen-bond acceptors (Lipinski definition) is 6. The van der Waals surface area contributed by atoms with E-state index in [2.05, 4.69) is 33.3 Å². The van der Waals surface area contributed by atoms with Gasteiger partial charge in [-0.3, -0.25) is 10.9 Å². The molecule has 0 fully saturated rings. The highest BCUT2D eigenvalue weighted by Gasteiger charge is 2.17. The number of ether oxygens (including phenoxy) is 1. The molecule has 0 saturated heterocycles. The van der Waals surface area contributed by atoms with E-state index < -0.39 is 5.97 Å². The number of hydrogen-bond donors (Lipinski definition) is 3. The summed E-state index contributed by atoms with van der Waals surface area (Å²) in [4.78, 5) is 11.9. The number of nitrogens with two attached hydrogens (primary N) is 1. The SMILES string of the molecule is CCOC(=O)/C(=N\Nc1ccc(C)cc1)C(C)=NNC(N)=S. The van der Waals surface area contributed by atoms with Gasteiger partial charge in [-0.05, 0) is 45.1 Å². The lowest BCUT2D eigenvalue weighted by Gasteiger charge is -2.07. The molecule has 0 atom stereocenters. The lowest BCUT2D eigenvalue weighted by atomic mass is 10.2. The summed E-state index contributed by atoms with van der Waals surface area (Å²) in [5.74, 6) is -0.590. The molecule has 0 spiro atoms.